The first-order chi connectivity index (χ1) is 9.06. The summed E-state index contributed by atoms with van der Waals surface area (Å²) in [5.41, 5.74) is 0.861. The lowest BCUT2D eigenvalue weighted by Gasteiger charge is -2.13. The molecule has 2 rings (SSSR count). The Kier molecular flexibility index (Phi) is 4.11. The van der Waals surface area contributed by atoms with Crippen molar-refractivity contribution in [3.05, 3.63) is 29.6 Å². The van der Waals surface area contributed by atoms with Crippen LogP contribution in [-0.2, 0) is 11.3 Å². The Labute approximate surface area is 111 Å². The molecule has 6 heteroatoms. The number of aromatic carboxylic acids is 1. The monoisotopic (exact) mass is 263 g/mol. The second-order valence-corrected chi connectivity index (χ2v) is 4.73. The predicted octanol–water partition coefficient (Wildman–Crippen LogP) is 0.536. The number of hydrogen-bond donors (Lipinski definition) is 3. The van der Waals surface area contributed by atoms with E-state index in [4.69, 9.17) is 5.11 Å². The van der Waals surface area contributed by atoms with E-state index in [1.165, 1.54) is 12.3 Å². The van der Waals surface area contributed by atoms with Crippen LogP contribution in [0, 0.1) is 0 Å². The van der Waals surface area contributed by atoms with Gasteiger partial charge in [0.2, 0.25) is 5.91 Å². The molecule has 1 saturated carbocycles. The summed E-state index contributed by atoms with van der Waals surface area (Å²) in [7, 11) is 0. The number of hydrogen-bond acceptors (Lipinski definition) is 4. The van der Waals surface area contributed by atoms with Gasteiger partial charge in [-0.05, 0) is 31.9 Å². The van der Waals surface area contributed by atoms with E-state index in [2.05, 4.69) is 15.6 Å². The molecule has 19 heavy (non-hydrogen) atoms. The Morgan fingerprint density at radius 3 is 2.74 bits per heavy atom. The summed E-state index contributed by atoms with van der Waals surface area (Å²) in [4.78, 5) is 26.4. The Bertz CT molecular complexity index is 469. The molecule has 1 heterocycles. The lowest BCUT2D eigenvalue weighted by Crippen LogP contribution is -2.42. The molecule has 0 aliphatic heterocycles. The van der Waals surface area contributed by atoms with Crippen LogP contribution in [0.3, 0.4) is 0 Å². The minimum Gasteiger partial charge on any atom is -0.478 e. The summed E-state index contributed by atoms with van der Waals surface area (Å²) >= 11 is 0. The molecular formula is C13H17N3O3. The molecule has 3 N–H and O–H groups in total. The fourth-order valence-electron chi connectivity index (χ4n) is 1.56. The molecule has 0 spiro atoms. The van der Waals surface area contributed by atoms with Crippen molar-refractivity contribution < 1.29 is 14.7 Å². The molecule has 0 radical (unpaired) electrons. The molecule has 102 valence electrons. The van der Waals surface area contributed by atoms with Crippen molar-refractivity contribution in [1.82, 2.24) is 15.6 Å². The van der Waals surface area contributed by atoms with E-state index in [1.54, 1.807) is 13.0 Å². The molecule has 1 amide bonds. The molecule has 0 aromatic carbocycles. The normalized spacial score (nSPS) is 15.8. The van der Waals surface area contributed by atoms with Crippen molar-refractivity contribution in [2.75, 3.05) is 0 Å². The van der Waals surface area contributed by atoms with Crippen molar-refractivity contribution in [1.29, 1.82) is 0 Å². The summed E-state index contributed by atoms with van der Waals surface area (Å²) in [6, 6.07) is 3.20. The van der Waals surface area contributed by atoms with Gasteiger partial charge in [0, 0.05) is 18.8 Å². The third-order valence-corrected chi connectivity index (χ3v) is 2.98. The van der Waals surface area contributed by atoms with Gasteiger partial charge in [-0.1, -0.05) is 0 Å². The molecule has 0 bridgehead atoms. The van der Waals surface area contributed by atoms with Gasteiger partial charge in [0.05, 0.1) is 17.3 Å². The molecule has 1 aromatic rings. The number of amides is 1. The molecule has 1 fully saturated rings. The van der Waals surface area contributed by atoms with E-state index < -0.39 is 5.97 Å². The first-order valence-corrected chi connectivity index (χ1v) is 6.28. The van der Waals surface area contributed by atoms with Crippen molar-refractivity contribution >= 4 is 11.9 Å². The molecule has 6 nitrogen and oxygen atoms in total. The second-order valence-electron chi connectivity index (χ2n) is 4.73. The van der Waals surface area contributed by atoms with Crippen molar-refractivity contribution in [3.63, 3.8) is 0 Å². The van der Waals surface area contributed by atoms with Gasteiger partial charge in [0.25, 0.3) is 0 Å². The standard InChI is InChI=1S/C13H17N3O3/c1-8(12(17)16-10-4-5-10)14-7-11-3-2-9(6-15-11)13(18)19/h2-3,6,8,10,14H,4-5,7H2,1H3,(H,16,17)(H,18,19). The van der Waals surface area contributed by atoms with E-state index in [9.17, 15) is 9.59 Å². The minimum absolute atomic E-state index is 0.00958. The number of nitrogens with one attached hydrogen (secondary N) is 2. The average molecular weight is 263 g/mol. The van der Waals surface area contributed by atoms with Gasteiger partial charge in [-0.25, -0.2) is 4.79 Å². The zero-order valence-corrected chi connectivity index (χ0v) is 10.7. The Hall–Kier alpha value is -1.95. The summed E-state index contributed by atoms with van der Waals surface area (Å²) in [6.07, 6.45) is 3.45. The fourth-order valence-corrected chi connectivity index (χ4v) is 1.56. The van der Waals surface area contributed by atoms with Gasteiger partial charge in [-0.2, -0.15) is 0 Å². The first kappa shape index (κ1) is 13.5. The highest BCUT2D eigenvalue weighted by Gasteiger charge is 2.25. The van der Waals surface area contributed by atoms with Gasteiger partial charge in [0.1, 0.15) is 0 Å². The highest BCUT2D eigenvalue weighted by atomic mass is 16.4. The van der Waals surface area contributed by atoms with Crippen LogP contribution in [0.2, 0.25) is 0 Å². The molecule has 1 aromatic heterocycles. The zero-order valence-electron chi connectivity index (χ0n) is 10.7. The van der Waals surface area contributed by atoms with Crippen LogP contribution in [0.1, 0.15) is 35.8 Å². The van der Waals surface area contributed by atoms with Crippen LogP contribution in [0.15, 0.2) is 18.3 Å². The maximum Gasteiger partial charge on any atom is 0.337 e. The topological polar surface area (TPSA) is 91.3 Å². The number of nitrogens with zero attached hydrogens (tertiary/aromatic N) is 1. The maximum absolute atomic E-state index is 11.7. The van der Waals surface area contributed by atoms with Crippen LogP contribution >= 0.6 is 0 Å². The van der Waals surface area contributed by atoms with Crippen molar-refractivity contribution in [2.45, 2.75) is 38.4 Å². The third-order valence-electron chi connectivity index (χ3n) is 2.98. The number of carboxylic acid groups (broad SMARTS) is 1. The van der Waals surface area contributed by atoms with Gasteiger partial charge < -0.3 is 15.7 Å². The Balaban J connectivity index is 1.80. The maximum atomic E-state index is 11.7. The number of pyridine rings is 1. The molecular weight excluding hydrogens is 246 g/mol. The number of carboxylic acids is 1. The van der Waals surface area contributed by atoms with Gasteiger partial charge in [0.15, 0.2) is 0 Å². The summed E-state index contributed by atoms with van der Waals surface area (Å²) in [5.74, 6) is -1.01. The van der Waals surface area contributed by atoms with E-state index in [0.29, 0.717) is 18.3 Å². The SMILES string of the molecule is CC(NCc1ccc(C(=O)O)cn1)C(=O)NC1CC1. The van der Waals surface area contributed by atoms with Crippen molar-refractivity contribution in [3.8, 4) is 0 Å². The Morgan fingerprint density at radius 1 is 1.47 bits per heavy atom. The van der Waals surface area contributed by atoms with Crippen molar-refractivity contribution in [2.24, 2.45) is 0 Å². The van der Waals surface area contributed by atoms with E-state index in [-0.39, 0.29) is 17.5 Å². The first-order valence-electron chi connectivity index (χ1n) is 6.28. The molecule has 0 saturated heterocycles. The highest BCUT2D eigenvalue weighted by molar-refractivity contribution is 5.87. The lowest BCUT2D eigenvalue weighted by molar-refractivity contribution is -0.122. The average Bonchev–Trinajstić information content (AvgIpc) is 3.20. The van der Waals surface area contributed by atoms with Crippen LogP contribution < -0.4 is 10.6 Å². The Morgan fingerprint density at radius 2 is 2.21 bits per heavy atom. The van der Waals surface area contributed by atoms with Gasteiger partial charge in [-0.15, -0.1) is 0 Å². The largest absolute Gasteiger partial charge is 0.478 e. The summed E-state index contributed by atoms with van der Waals surface area (Å²) in [6.45, 7) is 2.22. The minimum atomic E-state index is -0.996. The smallest absolute Gasteiger partial charge is 0.337 e. The molecule has 1 aliphatic carbocycles. The summed E-state index contributed by atoms with van der Waals surface area (Å²) < 4.78 is 0. The van der Waals surface area contributed by atoms with Crippen LogP contribution in [0.4, 0.5) is 0 Å². The fraction of sp³-hybridized carbons (Fsp3) is 0.462. The van der Waals surface area contributed by atoms with Gasteiger partial charge in [-0.3, -0.25) is 9.78 Å². The number of carbonyl (C=O) groups excluding carboxylic acids is 1. The van der Waals surface area contributed by atoms with Gasteiger partial charge >= 0.3 is 5.97 Å². The number of carbonyl (C=O) groups is 2. The predicted molar refractivity (Wildman–Crippen MR) is 68.7 cm³/mol. The third kappa shape index (κ3) is 4.03. The quantitative estimate of drug-likeness (QED) is 0.696. The lowest BCUT2D eigenvalue weighted by atomic mass is 10.2. The second kappa shape index (κ2) is 5.79. The van der Waals surface area contributed by atoms with Crippen LogP contribution in [0.25, 0.3) is 0 Å². The number of aromatic nitrogens is 1. The summed E-state index contributed by atoms with van der Waals surface area (Å²) in [5, 5.41) is 14.7. The molecule has 1 aliphatic rings. The van der Waals surface area contributed by atoms with Crippen LogP contribution in [0.5, 0.6) is 0 Å². The van der Waals surface area contributed by atoms with E-state index in [1.807, 2.05) is 0 Å². The van der Waals surface area contributed by atoms with Crippen LogP contribution in [-0.4, -0.2) is 34.1 Å². The molecule has 1 atom stereocenters. The van der Waals surface area contributed by atoms with E-state index in [0.717, 1.165) is 12.8 Å². The zero-order chi connectivity index (χ0) is 13.8. The highest BCUT2D eigenvalue weighted by Crippen LogP contribution is 2.18. The van der Waals surface area contributed by atoms with E-state index >= 15 is 0 Å². The number of rotatable bonds is 6. The molecule has 1 unspecified atom stereocenters.